The number of allylic oxidation sites excluding steroid dienone is 3. The minimum Gasteiger partial charge on any atom is -0.466 e. The lowest BCUT2D eigenvalue weighted by atomic mass is 10.0. The number of carbonyl (C=O) groups excluding carboxylic acids is 2. The Morgan fingerprint density at radius 2 is 0.691 bits per heavy atom. The molecule has 0 aliphatic rings. The zero-order chi connectivity index (χ0) is 49.3. The van der Waals surface area contributed by atoms with E-state index < -0.39 is 12.1 Å². The second-order valence-electron chi connectivity index (χ2n) is 21.0. The number of hydrogen-bond donors (Lipinski definition) is 3. The number of carbonyl (C=O) groups is 2. The number of unbranched alkanes of at least 4 members (excludes halogenated alkanes) is 44. The molecular formula is C62H119NO5. The summed E-state index contributed by atoms with van der Waals surface area (Å²) in [7, 11) is 0. The average Bonchev–Trinajstić information content (AvgIpc) is 3.34. The highest BCUT2D eigenvalue weighted by Gasteiger charge is 2.18. The van der Waals surface area contributed by atoms with Crippen molar-refractivity contribution in [3.63, 3.8) is 0 Å². The van der Waals surface area contributed by atoms with E-state index in [1.165, 1.54) is 270 Å². The fourth-order valence-corrected chi connectivity index (χ4v) is 9.51. The molecule has 0 heterocycles. The Kier molecular flexibility index (Phi) is 56.5. The zero-order valence-corrected chi connectivity index (χ0v) is 45.9. The van der Waals surface area contributed by atoms with Gasteiger partial charge in [0.1, 0.15) is 0 Å². The summed E-state index contributed by atoms with van der Waals surface area (Å²) in [5.74, 6) is -0.0576. The predicted molar refractivity (Wildman–Crippen MR) is 296 cm³/mol. The first kappa shape index (κ1) is 66.3. The maximum atomic E-state index is 12.4. The third kappa shape index (κ3) is 53.7. The number of nitrogens with one attached hydrogen (secondary N) is 1. The summed E-state index contributed by atoms with van der Waals surface area (Å²) in [5.41, 5.74) is 0. The number of ether oxygens (including phenoxy) is 1. The molecule has 402 valence electrons. The summed E-state index contributed by atoms with van der Waals surface area (Å²) >= 11 is 0. The number of hydrogen-bond acceptors (Lipinski definition) is 5. The molecule has 0 aromatic heterocycles. The Balaban J connectivity index is 3.37. The van der Waals surface area contributed by atoms with Crippen LogP contribution in [-0.2, 0) is 14.3 Å². The van der Waals surface area contributed by atoms with Crippen LogP contribution in [0.5, 0.6) is 0 Å². The molecule has 0 aromatic carbocycles. The van der Waals surface area contributed by atoms with Crippen molar-refractivity contribution in [1.29, 1.82) is 0 Å². The van der Waals surface area contributed by atoms with Gasteiger partial charge in [0.05, 0.1) is 25.4 Å². The van der Waals surface area contributed by atoms with Crippen LogP contribution in [0.2, 0.25) is 0 Å². The van der Waals surface area contributed by atoms with E-state index in [-0.39, 0.29) is 18.5 Å². The van der Waals surface area contributed by atoms with E-state index >= 15 is 0 Å². The highest BCUT2D eigenvalue weighted by atomic mass is 16.5. The summed E-state index contributed by atoms with van der Waals surface area (Å²) in [5, 5.41) is 23.0. The molecule has 0 aliphatic carbocycles. The van der Waals surface area contributed by atoms with E-state index in [9.17, 15) is 19.8 Å². The summed E-state index contributed by atoms with van der Waals surface area (Å²) < 4.78 is 5.50. The van der Waals surface area contributed by atoms with E-state index in [4.69, 9.17) is 4.74 Å². The van der Waals surface area contributed by atoms with Crippen LogP contribution >= 0.6 is 0 Å². The Morgan fingerprint density at radius 3 is 1.04 bits per heavy atom. The predicted octanol–water partition coefficient (Wildman–Crippen LogP) is 19.0. The van der Waals surface area contributed by atoms with Crippen molar-refractivity contribution in [2.24, 2.45) is 0 Å². The van der Waals surface area contributed by atoms with Gasteiger partial charge in [0, 0.05) is 12.8 Å². The Labute approximate surface area is 424 Å². The van der Waals surface area contributed by atoms with Gasteiger partial charge in [-0.05, 0) is 57.8 Å². The molecule has 6 heteroatoms. The van der Waals surface area contributed by atoms with Gasteiger partial charge in [0.25, 0.3) is 0 Å². The molecule has 68 heavy (non-hydrogen) atoms. The minimum atomic E-state index is -0.845. The van der Waals surface area contributed by atoms with Crippen molar-refractivity contribution >= 4 is 11.9 Å². The second kappa shape index (κ2) is 57.9. The third-order valence-electron chi connectivity index (χ3n) is 14.2. The second-order valence-corrected chi connectivity index (χ2v) is 21.0. The maximum Gasteiger partial charge on any atom is 0.305 e. The van der Waals surface area contributed by atoms with E-state index in [0.717, 1.165) is 38.5 Å². The molecule has 0 saturated heterocycles. The van der Waals surface area contributed by atoms with Gasteiger partial charge in [-0.3, -0.25) is 9.59 Å². The number of esters is 1. The average molecular weight is 959 g/mol. The van der Waals surface area contributed by atoms with Crippen molar-refractivity contribution in [2.45, 2.75) is 347 Å². The first-order valence-electron chi connectivity index (χ1n) is 30.6. The summed E-state index contributed by atoms with van der Waals surface area (Å²) in [6, 6.07) is -0.629. The fourth-order valence-electron chi connectivity index (χ4n) is 9.51. The normalized spacial score (nSPS) is 12.7. The Morgan fingerprint density at radius 1 is 0.397 bits per heavy atom. The molecule has 0 bridgehead atoms. The van der Waals surface area contributed by atoms with E-state index in [2.05, 4.69) is 31.3 Å². The van der Waals surface area contributed by atoms with Crippen molar-refractivity contribution < 1.29 is 24.5 Å². The van der Waals surface area contributed by atoms with Crippen LogP contribution in [0.25, 0.3) is 0 Å². The number of amides is 1. The molecular weight excluding hydrogens is 839 g/mol. The van der Waals surface area contributed by atoms with Gasteiger partial charge in [-0.1, -0.05) is 289 Å². The molecule has 0 radical (unpaired) electrons. The molecule has 0 rings (SSSR count). The van der Waals surface area contributed by atoms with Crippen LogP contribution in [-0.4, -0.2) is 47.4 Å². The van der Waals surface area contributed by atoms with Crippen LogP contribution in [0, 0.1) is 0 Å². The standard InChI is InChI=1S/C62H119NO5/c1-3-5-7-9-11-13-15-16-17-26-30-33-36-40-44-48-52-56-62(67)68-57-53-49-45-41-37-34-31-28-25-23-21-19-18-20-22-24-27-29-32-35-39-43-47-51-55-61(66)63-59(58-64)60(65)54-50-46-42-38-14-12-10-8-6-4-2/h20,22,50,54,59-60,64-65H,3-19,21,23-49,51-53,55-58H2,1-2H3,(H,63,66)/b22-20-,54-50+. The van der Waals surface area contributed by atoms with E-state index in [0.29, 0.717) is 19.4 Å². The smallest absolute Gasteiger partial charge is 0.305 e. The molecule has 1 amide bonds. The monoisotopic (exact) mass is 958 g/mol. The van der Waals surface area contributed by atoms with Gasteiger partial charge in [0.15, 0.2) is 0 Å². The lowest BCUT2D eigenvalue weighted by Gasteiger charge is -2.20. The van der Waals surface area contributed by atoms with Crippen LogP contribution < -0.4 is 5.32 Å². The molecule has 0 aromatic rings. The maximum absolute atomic E-state index is 12.4. The molecule has 0 fully saturated rings. The quantitative estimate of drug-likeness (QED) is 0.0321. The number of aliphatic hydroxyl groups excluding tert-OH is 2. The first-order valence-corrected chi connectivity index (χ1v) is 30.6. The number of aliphatic hydroxyl groups is 2. The van der Waals surface area contributed by atoms with E-state index in [1.807, 2.05) is 6.08 Å². The third-order valence-corrected chi connectivity index (χ3v) is 14.2. The molecule has 0 saturated carbocycles. The minimum absolute atomic E-state index is 0.0161. The zero-order valence-electron chi connectivity index (χ0n) is 45.9. The van der Waals surface area contributed by atoms with Crippen molar-refractivity contribution in [2.75, 3.05) is 13.2 Å². The van der Waals surface area contributed by atoms with Gasteiger partial charge in [-0.15, -0.1) is 0 Å². The SMILES string of the molecule is CCCCCCCCCC/C=C/C(O)C(CO)NC(=O)CCCCCCCCCC/C=C\CCCCCCCCCCCCCCOC(=O)CCCCCCCCCCCCCCCCCCC. The Bertz CT molecular complexity index is 1060. The summed E-state index contributed by atoms with van der Waals surface area (Å²) in [4.78, 5) is 24.5. The van der Waals surface area contributed by atoms with Crippen LogP contribution in [0.15, 0.2) is 24.3 Å². The van der Waals surface area contributed by atoms with Crippen molar-refractivity contribution in [3.05, 3.63) is 24.3 Å². The molecule has 0 spiro atoms. The van der Waals surface area contributed by atoms with Gasteiger partial charge in [-0.2, -0.15) is 0 Å². The highest BCUT2D eigenvalue weighted by molar-refractivity contribution is 5.76. The van der Waals surface area contributed by atoms with Gasteiger partial charge in [-0.25, -0.2) is 0 Å². The van der Waals surface area contributed by atoms with Gasteiger partial charge in [0.2, 0.25) is 5.91 Å². The highest BCUT2D eigenvalue weighted by Crippen LogP contribution is 2.17. The summed E-state index contributed by atoms with van der Waals surface area (Å²) in [6.45, 7) is 4.90. The lowest BCUT2D eigenvalue weighted by molar-refractivity contribution is -0.143. The molecule has 2 atom stereocenters. The molecule has 0 aliphatic heterocycles. The Hall–Kier alpha value is -1.66. The van der Waals surface area contributed by atoms with Gasteiger partial charge >= 0.3 is 5.97 Å². The van der Waals surface area contributed by atoms with E-state index in [1.54, 1.807) is 6.08 Å². The topological polar surface area (TPSA) is 95.9 Å². The largest absolute Gasteiger partial charge is 0.466 e. The molecule has 3 N–H and O–H groups in total. The van der Waals surface area contributed by atoms with Crippen LogP contribution in [0.4, 0.5) is 0 Å². The fraction of sp³-hybridized carbons (Fsp3) is 0.903. The van der Waals surface area contributed by atoms with Crippen molar-refractivity contribution in [3.8, 4) is 0 Å². The van der Waals surface area contributed by atoms with Crippen molar-refractivity contribution in [1.82, 2.24) is 5.32 Å². The van der Waals surface area contributed by atoms with Gasteiger partial charge < -0.3 is 20.3 Å². The number of rotatable bonds is 57. The first-order chi connectivity index (χ1) is 33.5. The lowest BCUT2D eigenvalue weighted by Crippen LogP contribution is -2.45. The molecule has 2 unspecified atom stereocenters. The van der Waals surface area contributed by atoms with Crippen LogP contribution in [0.1, 0.15) is 335 Å². The van der Waals surface area contributed by atoms with Crippen LogP contribution in [0.3, 0.4) is 0 Å². The summed E-state index contributed by atoms with van der Waals surface area (Å²) in [6.07, 6.45) is 70.8. The molecule has 6 nitrogen and oxygen atoms in total.